The first-order chi connectivity index (χ1) is 23.2. The summed E-state index contributed by atoms with van der Waals surface area (Å²) in [4.78, 5) is 43.6. The molecule has 1 aliphatic rings. The second kappa shape index (κ2) is 29.4. The molecule has 0 bridgehead atoms. The zero-order valence-electron chi connectivity index (χ0n) is 32.0. The van der Waals surface area contributed by atoms with Gasteiger partial charge in [0.25, 0.3) is 5.91 Å². The third kappa shape index (κ3) is 24.3. The monoisotopic (exact) mass is 692 g/mol. The van der Waals surface area contributed by atoms with Crippen LogP contribution in [0.3, 0.4) is 0 Å². The molecule has 0 fully saturated rings. The summed E-state index contributed by atoms with van der Waals surface area (Å²) in [5.74, 6) is -0.124. The van der Waals surface area contributed by atoms with Gasteiger partial charge < -0.3 is 40.3 Å². The number of halogens is 1. The van der Waals surface area contributed by atoms with Gasteiger partial charge in [-0.15, -0.1) is 0 Å². The van der Waals surface area contributed by atoms with E-state index in [1.807, 2.05) is 87.3 Å². The lowest BCUT2D eigenvalue weighted by atomic mass is 9.97. The van der Waals surface area contributed by atoms with Gasteiger partial charge in [-0.25, -0.2) is 4.39 Å². The Bertz CT molecular complexity index is 1170. The van der Waals surface area contributed by atoms with Gasteiger partial charge in [0.15, 0.2) is 0 Å². The van der Waals surface area contributed by atoms with Crippen LogP contribution in [0.25, 0.3) is 0 Å². The van der Waals surface area contributed by atoms with Crippen LogP contribution in [0.1, 0.15) is 93.9 Å². The molecule has 10 nitrogen and oxygen atoms in total. The van der Waals surface area contributed by atoms with Crippen LogP contribution in [0.5, 0.6) is 0 Å². The molecule has 11 heteroatoms. The molecule has 2 aromatic rings. The number of nitrogens with one attached hydrogen (secondary N) is 3. The van der Waals surface area contributed by atoms with Crippen molar-refractivity contribution in [3.8, 4) is 0 Å². The van der Waals surface area contributed by atoms with Gasteiger partial charge in [0, 0.05) is 25.2 Å². The Labute approximate surface area is 295 Å². The number of carbonyl (C=O) groups is 4. The molecule has 2 aromatic carbocycles. The highest BCUT2D eigenvalue weighted by molar-refractivity contribution is 5.97. The molecule has 0 aliphatic carbocycles. The number of aliphatic hydroxyl groups excluding tert-OH is 1. The molecule has 0 radical (unpaired) electrons. The smallest absolute Gasteiger partial charge is 0.251 e. The van der Waals surface area contributed by atoms with Crippen molar-refractivity contribution in [2.24, 2.45) is 5.92 Å². The first kappa shape index (κ1) is 49.9. The Morgan fingerprint density at radius 3 is 2.06 bits per heavy atom. The first-order valence-electron chi connectivity index (χ1n) is 16.8. The number of fused-ring (bicyclic) bond motifs is 1. The number of hydrogen-bond donors (Lipinski definition) is 4. The number of hydrogen-bond acceptors (Lipinski definition) is 8. The minimum atomic E-state index is -0.509. The van der Waals surface area contributed by atoms with Crippen molar-refractivity contribution in [3.05, 3.63) is 70.0 Å². The van der Waals surface area contributed by atoms with E-state index in [9.17, 15) is 14.0 Å². The lowest BCUT2D eigenvalue weighted by Gasteiger charge is -2.25. The highest BCUT2D eigenvalue weighted by Gasteiger charge is 2.23. The fraction of sp³-hybridized carbons (Fsp3) is 0.579. The van der Waals surface area contributed by atoms with Crippen molar-refractivity contribution in [2.45, 2.75) is 99.8 Å². The van der Waals surface area contributed by atoms with E-state index >= 15 is 0 Å². The Morgan fingerprint density at radius 2 is 1.59 bits per heavy atom. The normalized spacial score (nSPS) is 12.2. The SMILES string of the molecule is C=O.C=O.CC.CC(C)(C)OCO.CNCCCNC(=O)C(CC(C)C)NC(=O)c1ccc2c(c1)CN(C)CC2.Cc1ccc(F)cc1C. The number of carbonyl (C=O) groups excluding carboxylic acids is 4. The van der Waals surface area contributed by atoms with Gasteiger partial charge in [-0.2, -0.15) is 0 Å². The Morgan fingerprint density at radius 1 is 0.980 bits per heavy atom. The van der Waals surface area contributed by atoms with E-state index in [1.54, 1.807) is 6.07 Å². The lowest BCUT2D eigenvalue weighted by Crippen LogP contribution is -2.47. The zero-order chi connectivity index (χ0) is 38.6. The molecule has 0 saturated carbocycles. The molecule has 1 aliphatic heterocycles. The predicted octanol–water partition coefficient (Wildman–Crippen LogP) is 5.39. The average molecular weight is 693 g/mol. The number of benzene rings is 2. The Balaban J connectivity index is -0.000000784. The summed E-state index contributed by atoms with van der Waals surface area (Å²) in [7, 11) is 3.98. The van der Waals surface area contributed by atoms with Gasteiger partial charge in [-0.05, 0) is 127 Å². The summed E-state index contributed by atoms with van der Waals surface area (Å²) in [6.45, 7) is 24.8. The number of aliphatic hydroxyl groups is 1. The number of rotatable bonds is 10. The molecule has 0 saturated heterocycles. The van der Waals surface area contributed by atoms with E-state index in [2.05, 4.69) is 41.7 Å². The van der Waals surface area contributed by atoms with Gasteiger partial charge in [0.05, 0.1) is 5.60 Å². The van der Waals surface area contributed by atoms with E-state index in [0.29, 0.717) is 24.4 Å². The standard InChI is InChI=1S/C21H34N4O2.C8H9F.C5H12O2.C2H6.2CH2O/c1-15(2)12-19(21(27)23-10-5-9-22-3)24-20(26)17-7-6-16-8-11-25(4)14-18(16)13-17;1-6-3-4-8(9)5-7(6)2;1-5(2,3)7-4-6;3*1-2/h6-7,13,15,19,22H,5,8-12,14H2,1-4H3,(H,23,27)(H,24,26);3-5H,1-2H3;6H,4H2,1-3H3;1-2H3;2*1H2. The molecule has 2 amide bonds. The molecule has 4 N–H and O–H groups in total. The van der Waals surface area contributed by atoms with Crippen LogP contribution in [-0.4, -0.2) is 87.6 Å². The van der Waals surface area contributed by atoms with Crippen LogP contribution in [0.4, 0.5) is 4.39 Å². The molecule has 49 heavy (non-hydrogen) atoms. The first-order valence-corrected chi connectivity index (χ1v) is 16.8. The predicted molar refractivity (Wildman–Crippen MR) is 198 cm³/mol. The van der Waals surface area contributed by atoms with Crippen LogP contribution in [0.15, 0.2) is 36.4 Å². The van der Waals surface area contributed by atoms with Crippen LogP contribution in [0, 0.1) is 25.6 Å². The molecule has 1 unspecified atom stereocenters. The van der Waals surface area contributed by atoms with Gasteiger partial charge in [-0.1, -0.05) is 39.8 Å². The van der Waals surface area contributed by atoms with Crippen molar-refractivity contribution in [2.75, 3.05) is 40.5 Å². The third-order valence-corrected chi connectivity index (χ3v) is 6.87. The van der Waals surface area contributed by atoms with Crippen LogP contribution in [0.2, 0.25) is 0 Å². The molecule has 3 rings (SSSR count). The summed E-state index contributed by atoms with van der Waals surface area (Å²) in [5.41, 5.74) is 5.08. The third-order valence-electron chi connectivity index (χ3n) is 6.87. The largest absolute Gasteiger partial charge is 0.371 e. The van der Waals surface area contributed by atoms with E-state index < -0.39 is 6.04 Å². The van der Waals surface area contributed by atoms with E-state index in [4.69, 9.17) is 19.4 Å². The summed E-state index contributed by atoms with van der Waals surface area (Å²) >= 11 is 0. The van der Waals surface area contributed by atoms with Crippen LogP contribution >= 0.6 is 0 Å². The van der Waals surface area contributed by atoms with Crippen molar-refractivity contribution in [1.82, 2.24) is 20.9 Å². The number of aryl methyl sites for hydroxylation is 2. The lowest BCUT2D eigenvalue weighted by molar-refractivity contribution is -0.123. The number of likely N-dealkylation sites (N-methyl/N-ethyl adjacent to an activating group) is 1. The summed E-state index contributed by atoms with van der Waals surface area (Å²) in [6, 6.07) is 10.2. The number of nitrogens with zero attached hydrogens (tertiary/aromatic N) is 1. The average Bonchev–Trinajstić information content (AvgIpc) is 3.06. The maximum Gasteiger partial charge on any atom is 0.251 e. The van der Waals surface area contributed by atoms with Gasteiger partial charge in [0.1, 0.15) is 32.2 Å². The summed E-state index contributed by atoms with van der Waals surface area (Å²) in [6.07, 6.45) is 2.50. The Hall–Kier alpha value is -3.51. The summed E-state index contributed by atoms with van der Waals surface area (Å²) in [5, 5.41) is 17.1. The van der Waals surface area contributed by atoms with E-state index in [1.165, 1.54) is 23.3 Å². The fourth-order valence-electron chi connectivity index (χ4n) is 4.28. The molecule has 0 aromatic heterocycles. The molecule has 280 valence electrons. The van der Waals surface area contributed by atoms with Crippen molar-refractivity contribution in [3.63, 3.8) is 0 Å². The maximum atomic E-state index is 12.8. The molecular formula is C38H65FN4O6. The second-order valence-corrected chi connectivity index (χ2v) is 12.5. The fourth-order valence-corrected chi connectivity index (χ4v) is 4.28. The van der Waals surface area contributed by atoms with E-state index in [-0.39, 0.29) is 30.0 Å². The molecule has 0 spiro atoms. The number of amides is 2. The highest BCUT2D eigenvalue weighted by atomic mass is 19.1. The maximum absolute atomic E-state index is 12.8. The van der Waals surface area contributed by atoms with Crippen LogP contribution < -0.4 is 16.0 Å². The quantitative estimate of drug-likeness (QED) is 0.192. The molecule has 1 heterocycles. The van der Waals surface area contributed by atoms with Gasteiger partial charge >= 0.3 is 0 Å². The van der Waals surface area contributed by atoms with Gasteiger partial charge in [0.2, 0.25) is 5.91 Å². The zero-order valence-corrected chi connectivity index (χ0v) is 32.0. The highest BCUT2D eigenvalue weighted by Crippen LogP contribution is 2.20. The van der Waals surface area contributed by atoms with Gasteiger partial charge in [-0.3, -0.25) is 9.59 Å². The molecular weight excluding hydrogens is 627 g/mol. The van der Waals surface area contributed by atoms with E-state index in [0.717, 1.165) is 43.6 Å². The Kier molecular flexibility index (Phi) is 29.9. The summed E-state index contributed by atoms with van der Waals surface area (Å²) < 4.78 is 17.1. The minimum Gasteiger partial charge on any atom is -0.371 e. The number of ether oxygens (including phenoxy) is 1. The topological polar surface area (TPSA) is 137 Å². The van der Waals surface area contributed by atoms with Crippen LogP contribution in [-0.2, 0) is 32.1 Å². The minimum absolute atomic E-state index is 0.106. The van der Waals surface area contributed by atoms with Crippen molar-refractivity contribution >= 4 is 25.4 Å². The molecule has 1 atom stereocenters. The van der Waals surface area contributed by atoms with Crippen molar-refractivity contribution < 1.29 is 33.4 Å². The second-order valence-electron chi connectivity index (χ2n) is 12.5. The van der Waals surface area contributed by atoms with Crippen molar-refractivity contribution in [1.29, 1.82) is 0 Å².